The van der Waals surface area contributed by atoms with E-state index in [9.17, 15) is 5.11 Å². The second-order valence-corrected chi connectivity index (χ2v) is 4.76. The van der Waals surface area contributed by atoms with Gasteiger partial charge in [0.1, 0.15) is 0 Å². The van der Waals surface area contributed by atoms with E-state index in [0.717, 1.165) is 12.8 Å². The second-order valence-electron chi connectivity index (χ2n) is 4.76. The van der Waals surface area contributed by atoms with Crippen molar-refractivity contribution in [1.29, 1.82) is 0 Å². The van der Waals surface area contributed by atoms with Gasteiger partial charge in [-0.2, -0.15) is 0 Å². The van der Waals surface area contributed by atoms with E-state index in [2.05, 4.69) is 13.8 Å². The van der Waals surface area contributed by atoms with Crippen LogP contribution in [0.1, 0.15) is 59.3 Å². The van der Waals surface area contributed by atoms with Gasteiger partial charge < -0.3 is 9.84 Å². The first kappa shape index (κ1) is 12.0. The summed E-state index contributed by atoms with van der Waals surface area (Å²) < 4.78 is 5.85. The molecule has 1 atom stereocenters. The predicted molar refractivity (Wildman–Crippen MR) is 58.0 cm³/mol. The van der Waals surface area contributed by atoms with E-state index in [1.165, 1.54) is 19.3 Å². The van der Waals surface area contributed by atoms with E-state index < -0.39 is 6.29 Å². The highest BCUT2D eigenvalue weighted by Gasteiger charge is 2.37. The highest BCUT2D eigenvalue weighted by Crippen LogP contribution is 2.38. The highest BCUT2D eigenvalue weighted by atomic mass is 16.6. The summed E-state index contributed by atoms with van der Waals surface area (Å²) >= 11 is 0. The van der Waals surface area contributed by atoms with Crippen LogP contribution in [0.3, 0.4) is 0 Å². The van der Waals surface area contributed by atoms with Crippen LogP contribution in [-0.4, -0.2) is 17.0 Å². The normalized spacial score (nSPS) is 23.8. The van der Waals surface area contributed by atoms with Crippen molar-refractivity contribution in [2.24, 2.45) is 5.92 Å². The molecule has 1 aliphatic carbocycles. The van der Waals surface area contributed by atoms with Gasteiger partial charge in [0.2, 0.25) is 0 Å². The summed E-state index contributed by atoms with van der Waals surface area (Å²) in [4.78, 5) is 0. The predicted octanol–water partition coefficient (Wildman–Crippen LogP) is 3.09. The number of aliphatic hydroxyl groups excluding tert-OH is 1. The molecule has 2 heteroatoms. The first-order chi connectivity index (χ1) is 6.60. The van der Waals surface area contributed by atoms with Crippen molar-refractivity contribution in [2.75, 3.05) is 0 Å². The lowest BCUT2D eigenvalue weighted by molar-refractivity contribution is -0.214. The molecular weight excluding hydrogens is 176 g/mol. The Kier molecular flexibility index (Phi) is 4.39. The smallest absolute Gasteiger partial charge is 0.155 e. The molecule has 0 saturated heterocycles. The van der Waals surface area contributed by atoms with E-state index >= 15 is 0 Å². The van der Waals surface area contributed by atoms with Gasteiger partial charge in [-0.15, -0.1) is 0 Å². The minimum absolute atomic E-state index is 0.0479. The molecule has 0 bridgehead atoms. The van der Waals surface area contributed by atoms with Gasteiger partial charge in [0, 0.05) is 0 Å². The van der Waals surface area contributed by atoms with Gasteiger partial charge in [0.15, 0.2) is 6.29 Å². The fraction of sp³-hybridized carbons (Fsp3) is 1.00. The maximum atomic E-state index is 9.60. The van der Waals surface area contributed by atoms with Crippen molar-refractivity contribution < 1.29 is 9.84 Å². The molecule has 0 amide bonds. The quantitative estimate of drug-likeness (QED) is 0.707. The molecule has 0 spiro atoms. The zero-order chi connectivity index (χ0) is 10.6. The summed E-state index contributed by atoms with van der Waals surface area (Å²) in [5.74, 6) is 0.504. The Morgan fingerprint density at radius 3 is 2.21 bits per heavy atom. The Morgan fingerprint density at radius 2 is 1.79 bits per heavy atom. The lowest BCUT2D eigenvalue weighted by Crippen LogP contribution is -2.43. The van der Waals surface area contributed by atoms with Crippen molar-refractivity contribution in [3.05, 3.63) is 0 Å². The number of rotatable bonds is 4. The molecule has 2 nitrogen and oxygen atoms in total. The fourth-order valence-electron chi connectivity index (χ4n) is 2.34. The van der Waals surface area contributed by atoms with E-state index in [0.29, 0.717) is 12.3 Å². The highest BCUT2D eigenvalue weighted by molar-refractivity contribution is 4.87. The minimum Gasteiger partial charge on any atom is -0.368 e. The monoisotopic (exact) mass is 200 g/mol. The van der Waals surface area contributed by atoms with E-state index in [-0.39, 0.29) is 5.60 Å². The molecule has 1 aliphatic rings. The van der Waals surface area contributed by atoms with Crippen molar-refractivity contribution in [3.8, 4) is 0 Å². The third-order valence-corrected chi connectivity index (χ3v) is 3.47. The van der Waals surface area contributed by atoms with Crippen molar-refractivity contribution in [2.45, 2.75) is 71.2 Å². The van der Waals surface area contributed by atoms with Gasteiger partial charge in [-0.3, -0.25) is 0 Å². The molecule has 0 aromatic rings. The van der Waals surface area contributed by atoms with Crippen LogP contribution in [-0.2, 0) is 4.74 Å². The van der Waals surface area contributed by atoms with Crippen LogP contribution in [0.5, 0.6) is 0 Å². The van der Waals surface area contributed by atoms with Crippen molar-refractivity contribution >= 4 is 0 Å². The maximum Gasteiger partial charge on any atom is 0.155 e. The molecule has 0 aromatic carbocycles. The molecule has 14 heavy (non-hydrogen) atoms. The Labute approximate surface area is 87.7 Å². The van der Waals surface area contributed by atoms with E-state index in [4.69, 9.17) is 4.74 Å². The van der Waals surface area contributed by atoms with Crippen LogP contribution in [0, 0.1) is 5.92 Å². The number of hydrogen-bond donors (Lipinski definition) is 1. The van der Waals surface area contributed by atoms with Crippen molar-refractivity contribution in [3.63, 3.8) is 0 Å². The van der Waals surface area contributed by atoms with Crippen LogP contribution >= 0.6 is 0 Å². The van der Waals surface area contributed by atoms with Crippen LogP contribution in [0.4, 0.5) is 0 Å². The Hall–Kier alpha value is -0.0800. The van der Waals surface area contributed by atoms with Crippen molar-refractivity contribution in [1.82, 2.24) is 0 Å². The largest absolute Gasteiger partial charge is 0.368 e. The molecule has 0 radical (unpaired) electrons. The van der Waals surface area contributed by atoms with Gasteiger partial charge in [0.05, 0.1) is 5.60 Å². The van der Waals surface area contributed by atoms with E-state index in [1.807, 2.05) is 6.92 Å². The molecular formula is C12H24O2. The summed E-state index contributed by atoms with van der Waals surface area (Å²) in [6, 6.07) is 0. The molecule has 0 aromatic heterocycles. The Morgan fingerprint density at radius 1 is 1.21 bits per heavy atom. The average Bonchev–Trinajstić information content (AvgIpc) is 2.19. The van der Waals surface area contributed by atoms with Gasteiger partial charge in [-0.1, -0.05) is 40.0 Å². The molecule has 1 saturated carbocycles. The fourth-order valence-corrected chi connectivity index (χ4v) is 2.34. The van der Waals surface area contributed by atoms with Crippen LogP contribution < -0.4 is 0 Å². The van der Waals surface area contributed by atoms with Gasteiger partial charge >= 0.3 is 0 Å². The van der Waals surface area contributed by atoms with Crippen LogP contribution in [0.15, 0.2) is 0 Å². The second kappa shape index (κ2) is 5.13. The number of ether oxygens (including phenoxy) is 1. The molecule has 1 fully saturated rings. The summed E-state index contributed by atoms with van der Waals surface area (Å²) in [6.45, 7) is 6.36. The maximum absolute atomic E-state index is 9.60. The molecule has 0 aliphatic heterocycles. The van der Waals surface area contributed by atoms with Gasteiger partial charge in [0.25, 0.3) is 0 Å². The average molecular weight is 200 g/mol. The lowest BCUT2D eigenvalue weighted by Gasteiger charge is -2.42. The Balaban J connectivity index is 2.60. The summed E-state index contributed by atoms with van der Waals surface area (Å²) in [6.07, 6.45) is 6.15. The zero-order valence-corrected chi connectivity index (χ0v) is 9.75. The first-order valence-corrected chi connectivity index (χ1v) is 5.96. The molecule has 1 rings (SSSR count). The molecule has 84 valence electrons. The SMILES string of the molecule is CCC(O)OC1(C(C)C)CCCCC1. The van der Waals surface area contributed by atoms with Gasteiger partial charge in [-0.05, 0) is 25.2 Å². The molecule has 1 unspecified atom stereocenters. The third-order valence-electron chi connectivity index (χ3n) is 3.47. The third kappa shape index (κ3) is 2.71. The number of hydrogen-bond acceptors (Lipinski definition) is 2. The number of aliphatic hydroxyl groups is 1. The van der Waals surface area contributed by atoms with E-state index in [1.54, 1.807) is 0 Å². The summed E-state index contributed by atoms with van der Waals surface area (Å²) in [7, 11) is 0. The summed E-state index contributed by atoms with van der Waals surface area (Å²) in [5, 5.41) is 9.60. The van der Waals surface area contributed by atoms with Crippen LogP contribution in [0.2, 0.25) is 0 Å². The molecule has 1 N–H and O–H groups in total. The topological polar surface area (TPSA) is 29.5 Å². The lowest BCUT2D eigenvalue weighted by atomic mass is 9.77. The van der Waals surface area contributed by atoms with Gasteiger partial charge in [-0.25, -0.2) is 0 Å². The zero-order valence-electron chi connectivity index (χ0n) is 9.75. The summed E-state index contributed by atoms with van der Waals surface area (Å²) in [5.41, 5.74) is -0.0479. The minimum atomic E-state index is -0.574. The first-order valence-electron chi connectivity index (χ1n) is 5.96. The standard InChI is InChI=1S/C12H24O2/c1-4-11(13)14-12(10(2)3)8-6-5-7-9-12/h10-11,13H,4-9H2,1-3H3. The Bertz CT molecular complexity index is 160. The molecule has 0 heterocycles. The van der Waals surface area contributed by atoms with Crippen LogP contribution in [0.25, 0.3) is 0 Å².